The molecule has 0 aromatic rings. The fraction of sp³-hybridized carbons (Fsp3) is 1.00. The zero-order valence-corrected chi connectivity index (χ0v) is 16.7. The molecule has 0 aromatic carbocycles. The minimum atomic E-state index is 0. The molecular formula is C12H28ClI2N3. The Bertz CT molecular complexity index is 183. The molecule has 112 valence electrons. The predicted molar refractivity (Wildman–Crippen MR) is 70.1 cm³/mol. The number of nitrogens with two attached hydrogens (primary N) is 1. The first-order chi connectivity index (χ1) is 7.54. The van der Waals surface area contributed by atoms with Crippen LogP contribution in [0.5, 0.6) is 0 Å². The molecule has 0 aromatic heterocycles. The van der Waals surface area contributed by atoms with Crippen LogP contribution in [0.15, 0.2) is 0 Å². The lowest BCUT2D eigenvalue weighted by molar-refractivity contribution is -0.897. The molecule has 18 heavy (non-hydrogen) atoms. The van der Waals surface area contributed by atoms with Crippen molar-refractivity contribution in [3.8, 4) is 0 Å². The van der Waals surface area contributed by atoms with Gasteiger partial charge in [0.1, 0.15) is 6.67 Å². The smallest absolute Gasteiger partial charge is 0.154 e. The lowest BCUT2D eigenvalue weighted by Gasteiger charge is -2.26. The van der Waals surface area contributed by atoms with Crippen LogP contribution in [0.3, 0.4) is 0 Å². The predicted octanol–water partition coefficient (Wildman–Crippen LogP) is -4.43. The molecule has 0 spiro atoms. The summed E-state index contributed by atoms with van der Waals surface area (Å²) in [5, 5.41) is 0. The summed E-state index contributed by atoms with van der Waals surface area (Å²) in [7, 11) is 4.45. The highest BCUT2D eigenvalue weighted by Crippen LogP contribution is 2.16. The van der Waals surface area contributed by atoms with Crippen LogP contribution in [0.1, 0.15) is 25.7 Å². The maximum Gasteiger partial charge on any atom is 0.154 e. The van der Waals surface area contributed by atoms with Crippen LogP contribution in [0.4, 0.5) is 0 Å². The largest absolute Gasteiger partial charge is 1.00 e. The summed E-state index contributed by atoms with van der Waals surface area (Å²) in [6.07, 6.45) is 5.47. The van der Waals surface area contributed by atoms with Gasteiger partial charge < -0.3 is 56.9 Å². The third kappa shape index (κ3) is 7.42. The Morgan fingerprint density at radius 2 is 1.17 bits per heavy atom. The molecule has 2 heterocycles. The van der Waals surface area contributed by atoms with Crippen molar-refractivity contribution in [2.45, 2.75) is 25.7 Å². The van der Waals surface area contributed by atoms with Crippen LogP contribution < -0.4 is 53.7 Å². The molecule has 2 aliphatic heterocycles. The fourth-order valence-corrected chi connectivity index (χ4v) is 2.74. The summed E-state index contributed by atoms with van der Waals surface area (Å²) in [5.74, 6) is 0. The summed E-state index contributed by atoms with van der Waals surface area (Å²) in [5.41, 5.74) is 5.54. The van der Waals surface area contributed by atoms with E-state index in [1.807, 2.05) is 0 Å². The Labute approximate surface area is 152 Å². The van der Waals surface area contributed by atoms with Crippen LogP contribution in [0.2, 0.25) is 0 Å². The van der Waals surface area contributed by atoms with Gasteiger partial charge in [-0.05, 0) is 0 Å². The first-order valence-corrected chi connectivity index (χ1v) is 7.00. The molecule has 0 unspecified atom stereocenters. The van der Waals surface area contributed by atoms with E-state index in [1.165, 1.54) is 51.9 Å². The lowest BCUT2D eigenvalue weighted by Crippen LogP contribution is -3.00. The highest BCUT2D eigenvalue weighted by molar-refractivity contribution is 6.16. The second-order valence-corrected chi connectivity index (χ2v) is 6.09. The highest BCUT2D eigenvalue weighted by Gasteiger charge is 2.25. The van der Waals surface area contributed by atoms with Crippen LogP contribution in [-0.4, -0.2) is 61.9 Å². The van der Waals surface area contributed by atoms with Gasteiger partial charge in [-0.2, -0.15) is 0 Å². The van der Waals surface area contributed by atoms with Crippen LogP contribution >= 0.6 is 11.6 Å². The number of halogens is 3. The van der Waals surface area contributed by atoms with E-state index in [2.05, 4.69) is 14.1 Å². The van der Waals surface area contributed by atoms with E-state index < -0.39 is 0 Å². The van der Waals surface area contributed by atoms with Crippen molar-refractivity contribution < 1.29 is 56.9 Å². The van der Waals surface area contributed by atoms with Gasteiger partial charge in [-0.25, -0.2) is 0 Å². The maximum absolute atomic E-state index is 5.72. The summed E-state index contributed by atoms with van der Waals surface area (Å²) in [6, 6.07) is 0.792. The number of alkyl halides is 1. The first-order valence-electron chi connectivity index (χ1n) is 6.47. The molecule has 2 saturated heterocycles. The summed E-state index contributed by atoms with van der Waals surface area (Å²) >= 11 is 5.72. The molecule has 0 saturated carbocycles. The van der Waals surface area contributed by atoms with E-state index in [4.69, 9.17) is 17.3 Å². The molecule has 2 fully saturated rings. The number of nitrogens with zero attached hydrogens (tertiary/aromatic N) is 2. The van der Waals surface area contributed by atoms with Gasteiger partial charge in [0, 0.05) is 25.7 Å². The van der Waals surface area contributed by atoms with Gasteiger partial charge in [-0.15, -0.1) is 0 Å². The minimum absolute atomic E-state index is 0. The molecule has 2 N–H and O–H groups in total. The fourth-order valence-electron chi connectivity index (χ4n) is 2.50. The average molecular weight is 504 g/mol. The van der Waals surface area contributed by atoms with E-state index in [1.54, 1.807) is 0 Å². The number of rotatable bonds is 2. The quantitative estimate of drug-likeness (QED) is 0.175. The standard InChI is InChI=1S/C6H13ClN.C6H15N2.2HI/c2*1-8(6-7)4-2-3-5-8;;/h2-6H2,1H3;2-7H2,1H3;2*1H/q2*+1;;/p-2. The van der Waals surface area contributed by atoms with Gasteiger partial charge in [-0.1, -0.05) is 11.6 Å². The molecule has 0 amide bonds. The molecule has 0 radical (unpaired) electrons. The third-order valence-electron chi connectivity index (χ3n) is 4.02. The summed E-state index contributed by atoms with van der Waals surface area (Å²) in [6.45, 7) is 5.96. The van der Waals surface area contributed by atoms with E-state index in [0.717, 1.165) is 21.6 Å². The van der Waals surface area contributed by atoms with Gasteiger partial charge in [-0.3, -0.25) is 5.73 Å². The molecular weight excluding hydrogens is 475 g/mol. The number of hydrogen-bond acceptors (Lipinski definition) is 1. The van der Waals surface area contributed by atoms with Crippen molar-refractivity contribution in [3.05, 3.63) is 0 Å². The number of hydrogen-bond donors (Lipinski definition) is 1. The van der Waals surface area contributed by atoms with Crippen molar-refractivity contribution in [2.24, 2.45) is 5.73 Å². The Kier molecular flexibility index (Phi) is 12.6. The highest BCUT2D eigenvalue weighted by atomic mass is 127. The van der Waals surface area contributed by atoms with E-state index in [0.29, 0.717) is 0 Å². The minimum Gasteiger partial charge on any atom is -1.00 e. The van der Waals surface area contributed by atoms with Crippen LogP contribution in [0.25, 0.3) is 0 Å². The summed E-state index contributed by atoms with van der Waals surface area (Å²) in [4.78, 5) is 0. The van der Waals surface area contributed by atoms with Crippen LogP contribution in [-0.2, 0) is 0 Å². The van der Waals surface area contributed by atoms with E-state index in [-0.39, 0.29) is 48.0 Å². The van der Waals surface area contributed by atoms with Gasteiger partial charge in [0.05, 0.1) is 40.3 Å². The normalized spacial score (nSPS) is 23.3. The van der Waals surface area contributed by atoms with Gasteiger partial charge in [0.25, 0.3) is 0 Å². The van der Waals surface area contributed by atoms with Gasteiger partial charge >= 0.3 is 0 Å². The summed E-state index contributed by atoms with van der Waals surface area (Å²) < 4.78 is 2.18. The molecule has 3 nitrogen and oxygen atoms in total. The topological polar surface area (TPSA) is 26.0 Å². The second kappa shape index (κ2) is 10.4. The Balaban J connectivity index is 0. The number of likely N-dealkylation sites (tertiary alicyclic amines) is 2. The first kappa shape index (κ1) is 21.9. The van der Waals surface area contributed by atoms with Crippen molar-refractivity contribution >= 4 is 11.6 Å². The molecule has 0 atom stereocenters. The van der Waals surface area contributed by atoms with Gasteiger partial charge in [0.2, 0.25) is 0 Å². The van der Waals surface area contributed by atoms with Crippen molar-refractivity contribution in [2.75, 3.05) is 52.9 Å². The van der Waals surface area contributed by atoms with E-state index in [9.17, 15) is 0 Å². The maximum atomic E-state index is 5.72. The zero-order valence-electron chi connectivity index (χ0n) is 11.7. The van der Waals surface area contributed by atoms with Crippen molar-refractivity contribution in [3.63, 3.8) is 0 Å². The zero-order chi connectivity index (χ0) is 12.1. The SMILES string of the molecule is C[N+]1(CCl)CCCC1.C[N+]1(CN)CCCC1.[I-].[I-]. The molecule has 2 aliphatic rings. The monoisotopic (exact) mass is 503 g/mol. The lowest BCUT2D eigenvalue weighted by atomic mass is 10.4. The second-order valence-electron chi connectivity index (χ2n) is 5.85. The molecule has 0 aliphatic carbocycles. The Morgan fingerprint density at radius 1 is 0.833 bits per heavy atom. The van der Waals surface area contributed by atoms with Gasteiger partial charge in [0.15, 0.2) is 6.00 Å². The average Bonchev–Trinajstić information content (AvgIpc) is 2.90. The van der Waals surface area contributed by atoms with Crippen LogP contribution in [0, 0.1) is 0 Å². The third-order valence-corrected chi connectivity index (χ3v) is 4.60. The molecule has 0 bridgehead atoms. The Hall–Kier alpha value is 1.63. The van der Waals surface area contributed by atoms with Crippen molar-refractivity contribution in [1.82, 2.24) is 0 Å². The molecule has 6 heteroatoms. The van der Waals surface area contributed by atoms with E-state index >= 15 is 0 Å². The number of quaternary nitrogens is 2. The van der Waals surface area contributed by atoms with Crippen molar-refractivity contribution in [1.29, 1.82) is 0 Å². The Morgan fingerprint density at radius 3 is 1.33 bits per heavy atom. The molecule has 2 rings (SSSR count).